The number of aryl methyl sites for hydroxylation is 1. The first-order valence-electron chi connectivity index (χ1n) is 4.79. The molecule has 0 atom stereocenters. The Morgan fingerprint density at radius 3 is 2.46 bits per heavy atom. The minimum absolute atomic E-state index is 0. The van der Waals surface area contributed by atoms with Crippen molar-refractivity contribution in [3.63, 3.8) is 0 Å². The molecule has 0 saturated heterocycles. The third kappa shape index (κ3) is 2.59. The monoisotopic (exact) mass is 212 g/mol. The summed E-state index contributed by atoms with van der Waals surface area (Å²) in [5, 5.41) is 0. The molecule has 2 rings (SSSR count). The molecule has 13 heavy (non-hydrogen) atoms. The fraction of sp³-hybridized carbons (Fsp3) is 0.545. The summed E-state index contributed by atoms with van der Waals surface area (Å²) in [6.07, 6.45) is 7.44. The van der Waals surface area contributed by atoms with Gasteiger partial charge in [0.1, 0.15) is 0 Å². The van der Waals surface area contributed by atoms with Crippen LogP contribution in [0.5, 0.6) is 0 Å². The molecule has 0 bridgehead atoms. The largest absolute Gasteiger partial charge is 0.261 e. The van der Waals surface area contributed by atoms with Crippen LogP contribution in [0.2, 0.25) is 0 Å². The van der Waals surface area contributed by atoms with Crippen LogP contribution in [-0.2, 0) is 18.6 Å². The van der Waals surface area contributed by atoms with E-state index in [-0.39, 0.29) is 18.6 Å². The maximum Gasteiger partial charge on any atom is 0.0434 e. The van der Waals surface area contributed by atoms with Gasteiger partial charge >= 0.3 is 0 Å². The molecule has 1 saturated carbocycles. The predicted octanol–water partition coefficient (Wildman–Crippen LogP) is 3.05. The standard InChI is InChI=1S/C11H15N.V/c1-9-6-7-11(12-8-9)10-4-2-3-5-10;/h6-8,10H,2-5H2,1H3;. The van der Waals surface area contributed by atoms with Crippen molar-refractivity contribution in [2.75, 3.05) is 0 Å². The van der Waals surface area contributed by atoms with Crippen LogP contribution in [0, 0.1) is 6.92 Å². The molecule has 2 heteroatoms. The fourth-order valence-corrected chi connectivity index (χ4v) is 1.94. The number of hydrogen-bond donors (Lipinski definition) is 0. The molecule has 1 heterocycles. The Labute approximate surface area is 91.8 Å². The number of rotatable bonds is 1. The van der Waals surface area contributed by atoms with Crippen LogP contribution >= 0.6 is 0 Å². The smallest absolute Gasteiger partial charge is 0.0434 e. The van der Waals surface area contributed by atoms with E-state index in [0.717, 1.165) is 5.92 Å². The van der Waals surface area contributed by atoms with Gasteiger partial charge in [0, 0.05) is 36.4 Å². The SMILES string of the molecule is Cc1ccc(C2CCCC2)nc1.[V]. The summed E-state index contributed by atoms with van der Waals surface area (Å²) in [5.74, 6) is 0.755. The molecule has 0 aliphatic heterocycles. The Morgan fingerprint density at radius 2 is 1.92 bits per heavy atom. The summed E-state index contributed by atoms with van der Waals surface area (Å²) in [6, 6.07) is 4.35. The minimum Gasteiger partial charge on any atom is -0.261 e. The molecule has 0 unspecified atom stereocenters. The maximum atomic E-state index is 4.46. The van der Waals surface area contributed by atoms with Gasteiger partial charge in [0.05, 0.1) is 0 Å². The molecule has 0 N–H and O–H groups in total. The zero-order valence-corrected chi connectivity index (χ0v) is 9.43. The average Bonchev–Trinajstić information content (AvgIpc) is 2.58. The van der Waals surface area contributed by atoms with Crippen LogP contribution in [0.4, 0.5) is 0 Å². The number of hydrogen-bond acceptors (Lipinski definition) is 1. The van der Waals surface area contributed by atoms with E-state index in [4.69, 9.17) is 0 Å². The molecule has 0 spiro atoms. The van der Waals surface area contributed by atoms with E-state index in [1.54, 1.807) is 0 Å². The van der Waals surface area contributed by atoms with Crippen molar-refractivity contribution >= 4 is 0 Å². The van der Waals surface area contributed by atoms with Gasteiger partial charge in [-0.05, 0) is 31.4 Å². The van der Waals surface area contributed by atoms with Gasteiger partial charge in [-0.2, -0.15) is 0 Å². The molecule has 1 nitrogen and oxygen atoms in total. The van der Waals surface area contributed by atoms with Crippen molar-refractivity contribution in [3.8, 4) is 0 Å². The first-order chi connectivity index (χ1) is 5.86. The van der Waals surface area contributed by atoms with Crippen LogP contribution < -0.4 is 0 Å². The quantitative estimate of drug-likeness (QED) is 0.697. The van der Waals surface area contributed by atoms with E-state index < -0.39 is 0 Å². The predicted molar refractivity (Wildman–Crippen MR) is 50.2 cm³/mol. The van der Waals surface area contributed by atoms with Gasteiger partial charge in [-0.25, -0.2) is 0 Å². The van der Waals surface area contributed by atoms with Crippen molar-refractivity contribution in [3.05, 3.63) is 29.6 Å². The Bertz CT molecular complexity index is 249. The van der Waals surface area contributed by atoms with Gasteiger partial charge in [0.2, 0.25) is 0 Å². The van der Waals surface area contributed by atoms with E-state index in [1.807, 2.05) is 6.20 Å². The van der Waals surface area contributed by atoms with E-state index >= 15 is 0 Å². The van der Waals surface area contributed by atoms with Crippen LogP contribution in [0.25, 0.3) is 0 Å². The minimum atomic E-state index is 0. The second-order valence-electron chi connectivity index (χ2n) is 3.74. The third-order valence-electron chi connectivity index (χ3n) is 2.71. The van der Waals surface area contributed by atoms with E-state index in [2.05, 4.69) is 24.0 Å². The number of pyridine rings is 1. The van der Waals surface area contributed by atoms with Crippen molar-refractivity contribution in [1.82, 2.24) is 4.98 Å². The molecular formula is C11H15NV. The van der Waals surface area contributed by atoms with Gasteiger partial charge in [-0.1, -0.05) is 18.9 Å². The normalized spacial score (nSPS) is 17.0. The molecule has 1 radical (unpaired) electrons. The van der Waals surface area contributed by atoms with Crippen LogP contribution in [0.3, 0.4) is 0 Å². The first-order valence-corrected chi connectivity index (χ1v) is 4.79. The molecule has 1 aliphatic rings. The summed E-state index contributed by atoms with van der Waals surface area (Å²) in [4.78, 5) is 4.46. The van der Waals surface area contributed by atoms with E-state index in [1.165, 1.54) is 36.9 Å². The van der Waals surface area contributed by atoms with Gasteiger partial charge < -0.3 is 0 Å². The van der Waals surface area contributed by atoms with Crippen LogP contribution in [-0.4, -0.2) is 4.98 Å². The molecule has 0 aromatic carbocycles. The summed E-state index contributed by atoms with van der Waals surface area (Å²) in [6.45, 7) is 2.09. The Kier molecular flexibility index (Phi) is 4.02. The second-order valence-corrected chi connectivity index (χ2v) is 3.74. The molecular weight excluding hydrogens is 197 g/mol. The Morgan fingerprint density at radius 1 is 1.23 bits per heavy atom. The second kappa shape index (κ2) is 4.83. The Hall–Kier alpha value is -0.266. The molecule has 1 fully saturated rings. The van der Waals surface area contributed by atoms with E-state index in [0.29, 0.717) is 0 Å². The van der Waals surface area contributed by atoms with Gasteiger partial charge in [0.15, 0.2) is 0 Å². The zero-order chi connectivity index (χ0) is 8.39. The van der Waals surface area contributed by atoms with Crippen LogP contribution in [0.15, 0.2) is 18.3 Å². The molecule has 1 aliphatic carbocycles. The Balaban J connectivity index is 0.000000845. The molecule has 1 aromatic rings. The third-order valence-corrected chi connectivity index (χ3v) is 2.71. The summed E-state index contributed by atoms with van der Waals surface area (Å²) < 4.78 is 0. The molecule has 69 valence electrons. The van der Waals surface area contributed by atoms with Crippen molar-refractivity contribution < 1.29 is 18.6 Å². The van der Waals surface area contributed by atoms with Crippen molar-refractivity contribution in [2.45, 2.75) is 38.5 Å². The van der Waals surface area contributed by atoms with Gasteiger partial charge in [0.25, 0.3) is 0 Å². The summed E-state index contributed by atoms with van der Waals surface area (Å²) >= 11 is 0. The topological polar surface area (TPSA) is 12.9 Å². The average molecular weight is 212 g/mol. The fourth-order valence-electron chi connectivity index (χ4n) is 1.94. The van der Waals surface area contributed by atoms with Crippen molar-refractivity contribution in [2.24, 2.45) is 0 Å². The molecule has 1 aromatic heterocycles. The van der Waals surface area contributed by atoms with Crippen LogP contribution in [0.1, 0.15) is 42.9 Å². The maximum absolute atomic E-state index is 4.46. The number of nitrogens with zero attached hydrogens (tertiary/aromatic N) is 1. The van der Waals surface area contributed by atoms with E-state index in [9.17, 15) is 0 Å². The zero-order valence-electron chi connectivity index (χ0n) is 8.03. The molecule has 0 amide bonds. The number of aromatic nitrogens is 1. The van der Waals surface area contributed by atoms with Gasteiger partial charge in [-0.15, -0.1) is 0 Å². The summed E-state index contributed by atoms with van der Waals surface area (Å²) in [5.41, 5.74) is 2.56. The van der Waals surface area contributed by atoms with Crippen molar-refractivity contribution in [1.29, 1.82) is 0 Å². The van der Waals surface area contributed by atoms with Gasteiger partial charge in [-0.3, -0.25) is 4.98 Å². The first kappa shape index (κ1) is 10.8. The summed E-state index contributed by atoms with van der Waals surface area (Å²) in [7, 11) is 0.